The van der Waals surface area contributed by atoms with E-state index in [0.717, 1.165) is 56.3 Å². The fourth-order valence-corrected chi connectivity index (χ4v) is 3.73. The van der Waals surface area contributed by atoms with Crippen molar-refractivity contribution in [1.29, 1.82) is 0 Å². The van der Waals surface area contributed by atoms with Crippen LogP contribution in [0.2, 0.25) is 5.02 Å². The average molecular weight is 421 g/mol. The maximum atomic E-state index is 5.99. The van der Waals surface area contributed by atoms with Gasteiger partial charge in [-0.3, -0.25) is 9.80 Å². The number of rotatable bonds is 9. The van der Waals surface area contributed by atoms with E-state index in [-0.39, 0.29) is 0 Å². The Bertz CT molecular complexity index is 794. The van der Waals surface area contributed by atoms with E-state index in [2.05, 4.69) is 9.80 Å². The Morgan fingerprint density at radius 2 is 1.59 bits per heavy atom. The fraction of sp³-hybridized carbons (Fsp3) is 0.455. The van der Waals surface area contributed by atoms with Crippen LogP contribution in [0.25, 0.3) is 0 Å². The molecule has 2 aromatic rings. The van der Waals surface area contributed by atoms with E-state index in [1.54, 1.807) is 21.3 Å². The third-order valence-electron chi connectivity index (χ3n) is 5.12. The SMILES string of the molecule is COc1ccc(CN2CCN(CCOc3cccc(Cl)c3)CC2)c(OC)c1OC. The van der Waals surface area contributed by atoms with Gasteiger partial charge < -0.3 is 18.9 Å². The molecule has 0 saturated carbocycles. The third-order valence-corrected chi connectivity index (χ3v) is 5.35. The molecule has 0 spiro atoms. The summed E-state index contributed by atoms with van der Waals surface area (Å²) in [6.45, 7) is 6.38. The molecule has 0 unspecified atom stereocenters. The topological polar surface area (TPSA) is 43.4 Å². The van der Waals surface area contributed by atoms with E-state index in [9.17, 15) is 0 Å². The molecule has 1 aliphatic heterocycles. The number of piperazine rings is 1. The van der Waals surface area contributed by atoms with Crippen molar-refractivity contribution in [2.75, 3.05) is 60.7 Å². The highest BCUT2D eigenvalue weighted by Gasteiger charge is 2.21. The van der Waals surface area contributed by atoms with E-state index >= 15 is 0 Å². The van der Waals surface area contributed by atoms with Crippen LogP contribution in [-0.4, -0.2) is 70.5 Å². The molecule has 0 radical (unpaired) electrons. The molecule has 6 nitrogen and oxygen atoms in total. The molecule has 2 aromatic carbocycles. The van der Waals surface area contributed by atoms with Gasteiger partial charge in [-0.2, -0.15) is 0 Å². The summed E-state index contributed by atoms with van der Waals surface area (Å²) in [5.74, 6) is 2.88. The van der Waals surface area contributed by atoms with Crippen molar-refractivity contribution in [2.24, 2.45) is 0 Å². The summed E-state index contributed by atoms with van der Waals surface area (Å²) in [5, 5.41) is 0.696. The Labute approximate surface area is 177 Å². The van der Waals surface area contributed by atoms with Gasteiger partial charge in [0.25, 0.3) is 0 Å². The van der Waals surface area contributed by atoms with Crippen LogP contribution < -0.4 is 18.9 Å². The van der Waals surface area contributed by atoms with Gasteiger partial charge in [0.15, 0.2) is 11.5 Å². The molecular weight excluding hydrogens is 392 g/mol. The minimum atomic E-state index is 0.643. The van der Waals surface area contributed by atoms with Crippen molar-refractivity contribution in [2.45, 2.75) is 6.54 Å². The monoisotopic (exact) mass is 420 g/mol. The van der Waals surface area contributed by atoms with Gasteiger partial charge in [0.1, 0.15) is 12.4 Å². The maximum absolute atomic E-state index is 5.99. The second-order valence-corrected chi connectivity index (χ2v) is 7.35. The summed E-state index contributed by atoms with van der Waals surface area (Å²) in [7, 11) is 4.93. The van der Waals surface area contributed by atoms with E-state index in [4.69, 9.17) is 30.5 Å². The summed E-state index contributed by atoms with van der Waals surface area (Å²) in [4.78, 5) is 4.85. The van der Waals surface area contributed by atoms with Crippen LogP contribution >= 0.6 is 11.6 Å². The highest BCUT2D eigenvalue weighted by molar-refractivity contribution is 6.30. The molecule has 158 valence electrons. The van der Waals surface area contributed by atoms with Gasteiger partial charge in [-0.15, -0.1) is 0 Å². The van der Waals surface area contributed by atoms with Gasteiger partial charge in [0.05, 0.1) is 21.3 Å². The fourth-order valence-electron chi connectivity index (χ4n) is 3.55. The van der Waals surface area contributed by atoms with E-state index in [1.807, 2.05) is 36.4 Å². The normalized spacial score (nSPS) is 15.2. The average Bonchev–Trinajstić information content (AvgIpc) is 2.74. The molecule has 0 atom stereocenters. The van der Waals surface area contributed by atoms with Crippen LogP contribution in [0.4, 0.5) is 0 Å². The van der Waals surface area contributed by atoms with Gasteiger partial charge >= 0.3 is 0 Å². The molecule has 1 fully saturated rings. The highest BCUT2D eigenvalue weighted by atomic mass is 35.5. The largest absolute Gasteiger partial charge is 0.493 e. The number of hydrogen-bond acceptors (Lipinski definition) is 6. The quantitative estimate of drug-likeness (QED) is 0.618. The van der Waals surface area contributed by atoms with Gasteiger partial charge in [-0.1, -0.05) is 23.7 Å². The first-order valence-corrected chi connectivity index (χ1v) is 10.1. The van der Waals surface area contributed by atoms with Gasteiger partial charge in [0, 0.05) is 49.9 Å². The van der Waals surface area contributed by atoms with Crippen molar-refractivity contribution in [3.8, 4) is 23.0 Å². The van der Waals surface area contributed by atoms with Crippen molar-refractivity contribution in [1.82, 2.24) is 9.80 Å². The number of benzene rings is 2. The number of methoxy groups -OCH3 is 3. The summed E-state index contributed by atoms with van der Waals surface area (Å²) in [6, 6.07) is 11.5. The molecular formula is C22H29ClN2O4. The van der Waals surface area contributed by atoms with Crippen LogP contribution in [0.1, 0.15) is 5.56 Å². The van der Waals surface area contributed by atoms with Gasteiger partial charge in [-0.05, 0) is 24.3 Å². The second-order valence-electron chi connectivity index (χ2n) is 6.92. The van der Waals surface area contributed by atoms with Crippen molar-refractivity contribution in [3.05, 3.63) is 47.0 Å². The molecule has 1 saturated heterocycles. The molecule has 3 rings (SSSR count). The maximum Gasteiger partial charge on any atom is 0.203 e. The Kier molecular flexibility index (Phi) is 7.86. The molecule has 1 aliphatic rings. The summed E-state index contributed by atoms with van der Waals surface area (Å²) in [5.41, 5.74) is 1.10. The Hall–Kier alpha value is -2.15. The molecule has 0 aliphatic carbocycles. The Morgan fingerprint density at radius 1 is 0.862 bits per heavy atom. The molecule has 7 heteroatoms. The molecule has 0 N–H and O–H groups in total. The van der Waals surface area contributed by atoms with Crippen LogP contribution in [0.3, 0.4) is 0 Å². The lowest BCUT2D eigenvalue weighted by Crippen LogP contribution is -2.47. The number of halogens is 1. The smallest absolute Gasteiger partial charge is 0.203 e. The van der Waals surface area contributed by atoms with Crippen molar-refractivity contribution >= 4 is 11.6 Å². The zero-order valence-corrected chi connectivity index (χ0v) is 18.1. The van der Waals surface area contributed by atoms with Crippen LogP contribution in [0.15, 0.2) is 36.4 Å². The van der Waals surface area contributed by atoms with Crippen LogP contribution in [-0.2, 0) is 6.54 Å². The van der Waals surface area contributed by atoms with Crippen molar-refractivity contribution < 1.29 is 18.9 Å². The Balaban J connectivity index is 1.48. The van der Waals surface area contributed by atoms with E-state index in [1.165, 1.54) is 0 Å². The number of nitrogens with zero attached hydrogens (tertiary/aromatic N) is 2. The Morgan fingerprint density at radius 3 is 2.24 bits per heavy atom. The zero-order valence-electron chi connectivity index (χ0n) is 17.3. The second kappa shape index (κ2) is 10.6. The van der Waals surface area contributed by atoms with Crippen LogP contribution in [0.5, 0.6) is 23.0 Å². The first-order chi connectivity index (χ1) is 14.1. The predicted octanol–water partition coefficient (Wildman–Crippen LogP) is 3.56. The first-order valence-electron chi connectivity index (χ1n) is 9.75. The minimum Gasteiger partial charge on any atom is -0.493 e. The predicted molar refractivity (Wildman–Crippen MR) is 115 cm³/mol. The lowest BCUT2D eigenvalue weighted by atomic mass is 10.1. The number of ether oxygens (including phenoxy) is 4. The molecule has 0 bridgehead atoms. The first kappa shape index (κ1) is 21.6. The van der Waals surface area contributed by atoms with E-state index < -0.39 is 0 Å². The summed E-state index contributed by atoms with van der Waals surface area (Å²) < 4.78 is 22.3. The lowest BCUT2D eigenvalue weighted by molar-refractivity contribution is 0.112. The number of hydrogen-bond donors (Lipinski definition) is 0. The van der Waals surface area contributed by atoms with E-state index in [0.29, 0.717) is 23.1 Å². The third kappa shape index (κ3) is 5.69. The standard InChI is InChI=1S/C22H29ClN2O4/c1-26-20-8-7-17(21(27-2)22(20)28-3)16-25-11-9-24(10-12-25)13-14-29-19-6-4-5-18(23)15-19/h4-8,15H,9-14,16H2,1-3H3. The van der Waals surface area contributed by atoms with Crippen LogP contribution in [0, 0.1) is 0 Å². The highest BCUT2D eigenvalue weighted by Crippen LogP contribution is 2.40. The molecule has 0 amide bonds. The zero-order chi connectivity index (χ0) is 20.6. The lowest BCUT2D eigenvalue weighted by Gasteiger charge is -2.34. The summed E-state index contributed by atoms with van der Waals surface area (Å²) in [6.07, 6.45) is 0. The minimum absolute atomic E-state index is 0.643. The molecule has 0 aromatic heterocycles. The van der Waals surface area contributed by atoms with Gasteiger partial charge in [0.2, 0.25) is 5.75 Å². The summed E-state index contributed by atoms with van der Waals surface area (Å²) >= 11 is 5.99. The van der Waals surface area contributed by atoms with Gasteiger partial charge in [-0.25, -0.2) is 0 Å². The molecule has 29 heavy (non-hydrogen) atoms. The molecule has 1 heterocycles. The van der Waals surface area contributed by atoms with Crippen molar-refractivity contribution in [3.63, 3.8) is 0 Å².